The van der Waals surface area contributed by atoms with Crippen molar-refractivity contribution in [2.45, 2.75) is 18.3 Å². The second kappa shape index (κ2) is 12.0. The number of halogens is 1. The Labute approximate surface area is 264 Å². The summed E-state index contributed by atoms with van der Waals surface area (Å²) in [6.45, 7) is 0. The highest BCUT2D eigenvalue weighted by atomic mass is 19.1. The first-order valence-corrected chi connectivity index (χ1v) is 14.9. The van der Waals surface area contributed by atoms with Crippen molar-refractivity contribution in [2.24, 2.45) is 0 Å². The average molecular weight is 612 g/mol. The third kappa shape index (κ3) is 5.38. The zero-order valence-electron chi connectivity index (χ0n) is 25.2. The first-order chi connectivity index (χ1) is 22.4. The largest absolute Gasteiger partial charge is 0.493 e. The number of fused-ring (bicyclic) bond motifs is 1. The first-order valence-electron chi connectivity index (χ1n) is 14.9. The molecule has 2 heterocycles. The van der Waals surface area contributed by atoms with Gasteiger partial charge in [-0.3, -0.25) is 19.1 Å². The van der Waals surface area contributed by atoms with E-state index in [0.29, 0.717) is 28.3 Å². The number of methoxy groups -OCH3 is 2. The third-order valence-corrected chi connectivity index (χ3v) is 8.53. The molecule has 1 fully saturated rings. The third-order valence-electron chi connectivity index (χ3n) is 8.53. The van der Waals surface area contributed by atoms with Gasteiger partial charge in [-0.2, -0.15) is 0 Å². The van der Waals surface area contributed by atoms with Gasteiger partial charge in [-0.15, -0.1) is 0 Å². The van der Waals surface area contributed by atoms with Crippen LogP contribution >= 0.6 is 0 Å². The summed E-state index contributed by atoms with van der Waals surface area (Å²) >= 11 is 0. The minimum absolute atomic E-state index is 0.0240. The Kier molecular flexibility index (Phi) is 7.54. The van der Waals surface area contributed by atoms with Crippen molar-refractivity contribution in [3.05, 3.63) is 148 Å². The molecular formula is C38H30FN3O4. The molecule has 4 aromatic carbocycles. The summed E-state index contributed by atoms with van der Waals surface area (Å²) in [6, 6.07) is 30.7. The summed E-state index contributed by atoms with van der Waals surface area (Å²) in [6.07, 6.45) is 4.26. The predicted molar refractivity (Wildman–Crippen MR) is 177 cm³/mol. The molecule has 7 nitrogen and oxygen atoms in total. The zero-order valence-corrected chi connectivity index (χ0v) is 25.2. The van der Waals surface area contributed by atoms with Crippen molar-refractivity contribution in [3.63, 3.8) is 0 Å². The van der Waals surface area contributed by atoms with E-state index in [4.69, 9.17) is 9.47 Å². The van der Waals surface area contributed by atoms with Gasteiger partial charge in [0.1, 0.15) is 11.4 Å². The van der Waals surface area contributed by atoms with Crippen molar-refractivity contribution in [2.75, 3.05) is 19.5 Å². The summed E-state index contributed by atoms with van der Waals surface area (Å²) in [5, 5.41) is 3.69. The number of nitrogens with zero attached hydrogens (tertiary/aromatic N) is 2. The molecule has 1 aliphatic carbocycles. The van der Waals surface area contributed by atoms with E-state index in [9.17, 15) is 9.59 Å². The SMILES string of the molecule is COc1cc2nccc(C3C[C@@H]3c3ccc(NC(=O)c4cc(-c5ccccc5)cn(-c5ccccc5)c4=O)cc3F)c2cc1OC. The lowest BCUT2D eigenvalue weighted by atomic mass is 10.00. The molecule has 1 N–H and O–H groups in total. The Morgan fingerprint density at radius 1 is 0.826 bits per heavy atom. The van der Waals surface area contributed by atoms with Crippen molar-refractivity contribution < 1.29 is 18.7 Å². The fourth-order valence-corrected chi connectivity index (χ4v) is 6.12. The maximum absolute atomic E-state index is 15.6. The van der Waals surface area contributed by atoms with Gasteiger partial charge in [0.2, 0.25) is 0 Å². The molecule has 46 heavy (non-hydrogen) atoms. The molecular weight excluding hydrogens is 581 g/mol. The topological polar surface area (TPSA) is 82.5 Å². The first kappa shape index (κ1) is 29.0. The number of aromatic nitrogens is 2. The van der Waals surface area contributed by atoms with Crippen LogP contribution in [-0.4, -0.2) is 29.7 Å². The number of hydrogen-bond acceptors (Lipinski definition) is 5. The van der Waals surface area contributed by atoms with Crippen LogP contribution in [0.5, 0.6) is 11.5 Å². The van der Waals surface area contributed by atoms with Gasteiger partial charge in [0.15, 0.2) is 11.5 Å². The molecule has 7 rings (SSSR count). The number of amides is 1. The van der Waals surface area contributed by atoms with E-state index in [1.54, 1.807) is 56.9 Å². The monoisotopic (exact) mass is 611 g/mol. The molecule has 0 bridgehead atoms. The Morgan fingerprint density at radius 2 is 1.52 bits per heavy atom. The van der Waals surface area contributed by atoms with Crippen LogP contribution in [0.2, 0.25) is 0 Å². The van der Waals surface area contributed by atoms with Crippen LogP contribution in [0, 0.1) is 5.82 Å². The Bertz CT molecular complexity index is 2150. The Hall–Kier alpha value is -5.76. The fraction of sp³-hybridized carbons (Fsp3) is 0.132. The van der Waals surface area contributed by atoms with Gasteiger partial charge in [-0.25, -0.2) is 4.39 Å². The van der Waals surface area contributed by atoms with Gasteiger partial charge in [-0.1, -0.05) is 54.6 Å². The minimum Gasteiger partial charge on any atom is -0.493 e. The summed E-state index contributed by atoms with van der Waals surface area (Å²) in [7, 11) is 3.18. The van der Waals surface area contributed by atoms with E-state index in [0.717, 1.165) is 28.5 Å². The zero-order chi connectivity index (χ0) is 31.8. The smallest absolute Gasteiger partial charge is 0.267 e. The number of ether oxygens (including phenoxy) is 2. The van der Waals surface area contributed by atoms with E-state index in [-0.39, 0.29) is 23.1 Å². The lowest BCUT2D eigenvalue weighted by Crippen LogP contribution is -2.28. The quantitative estimate of drug-likeness (QED) is 0.191. The number of benzene rings is 4. The second-order valence-electron chi connectivity index (χ2n) is 11.3. The van der Waals surface area contributed by atoms with E-state index >= 15 is 4.39 Å². The van der Waals surface area contributed by atoms with E-state index in [2.05, 4.69) is 10.3 Å². The van der Waals surface area contributed by atoms with Gasteiger partial charge in [0.25, 0.3) is 11.5 Å². The lowest BCUT2D eigenvalue weighted by molar-refractivity contribution is 0.102. The highest BCUT2D eigenvalue weighted by Crippen LogP contribution is 2.57. The highest BCUT2D eigenvalue weighted by molar-refractivity contribution is 6.04. The van der Waals surface area contributed by atoms with E-state index < -0.39 is 17.3 Å². The lowest BCUT2D eigenvalue weighted by Gasteiger charge is -2.13. The van der Waals surface area contributed by atoms with Crippen LogP contribution < -0.4 is 20.3 Å². The van der Waals surface area contributed by atoms with Gasteiger partial charge < -0.3 is 14.8 Å². The van der Waals surface area contributed by atoms with Gasteiger partial charge in [0, 0.05) is 35.2 Å². The number of carbonyl (C=O) groups is 1. The van der Waals surface area contributed by atoms with E-state index in [1.807, 2.05) is 66.7 Å². The normalized spacial score (nSPS) is 15.4. The van der Waals surface area contributed by atoms with Crippen LogP contribution in [0.4, 0.5) is 10.1 Å². The van der Waals surface area contributed by atoms with Crippen LogP contribution in [0.15, 0.2) is 120 Å². The van der Waals surface area contributed by atoms with Crippen molar-refractivity contribution in [3.8, 4) is 28.3 Å². The molecule has 1 aliphatic rings. The van der Waals surface area contributed by atoms with Crippen molar-refractivity contribution in [1.29, 1.82) is 0 Å². The predicted octanol–water partition coefficient (Wildman–Crippen LogP) is 7.73. The van der Waals surface area contributed by atoms with Crippen LogP contribution in [-0.2, 0) is 0 Å². The minimum atomic E-state index is -0.614. The molecule has 0 aliphatic heterocycles. The number of anilines is 1. The summed E-state index contributed by atoms with van der Waals surface area (Å²) in [5.74, 6) is 0.262. The maximum atomic E-state index is 15.6. The van der Waals surface area contributed by atoms with Gasteiger partial charge in [-0.05, 0) is 83.0 Å². The van der Waals surface area contributed by atoms with Crippen LogP contribution in [0.3, 0.4) is 0 Å². The molecule has 1 saturated carbocycles. The molecule has 2 atom stereocenters. The van der Waals surface area contributed by atoms with Crippen LogP contribution in [0.1, 0.15) is 39.7 Å². The Morgan fingerprint density at radius 3 is 2.24 bits per heavy atom. The molecule has 6 aromatic rings. The summed E-state index contributed by atoms with van der Waals surface area (Å²) in [5.41, 5.74) is 4.37. The average Bonchev–Trinajstić information content (AvgIpc) is 3.88. The number of para-hydroxylation sites is 1. The van der Waals surface area contributed by atoms with Crippen LogP contribution in [0.25, 0.3) is 27.7 Å². The molecule has 0 saturated heterocycles. The number of hydrogen-bond donors (Lipinski definition) is 1. The molecule has 8 heteroatoms. The number of rotatable bonds is 8. The Balaban J connectivity index is 1.16. The summed E-state index contributed by atoms with van der Waals surface area (Å²) in [4.78, 5) is 31.6. The molecule has 2 aromatic heterocycles. The van der Waals surface area contributed by atoms with Crippen molar-refractivity contribution >= 4 is 22.5 Å². The summed E-state index contributed by atoms with van der Waals surface area (Å²) < 4.78 is 28.0. The molecule has 1 unspecified atom stereocenters. The number of pyridine rings is 2. The van der Waals surface area contributed by atoms with E-state index in [1.165, 1.54) is 10.6 Å². The molecule has 0 spiro atoms. The van der Waals surface area contributed by atoms with Gasteiger partial charge in [0.05, 0.1) is 19.7 Å². The second-order valence-corrected chi connectivity index (χ2v) is 11.3. The number of carbonyl (C=O) groups excluding carboxylic acids is 1. The molecule has 228 valence electrons. The number of nitrogens with one attached hydrogen (secondary N) is 1. The molecule has 0 radical (unpaired) electrons. The molecule has 1 amide bonds. The van der Waals surface area contributed by atoms with Gasteiger partial charge >= 0.3 is 0 Å². The van der Waals surface area contributed by atoms with Crippen molar-refractivity contribution in [1.82, 2.24) is 9.55 Å². The fourth-order valence-electron chi connectivity index (χ4n) is 6.12. The highest BCUT2D eigenvalue weighted by Gasteiger charge is 2.42. The maximum Gasteiger partial charge on any atom is 0.267 e. The standard InChI is InChI=1S/C38H30FN3O4/c1-45-35-20-31-27(15-16-40-34(31)21-36(35)46-2)29-19-30(29)28-14-13-25(18-33(28)39)41-37(43)32-17-24(23-9-5-3-6-10-23)22-42(38(32)44)26-11-7-4-8-12-26/h3-18,20-22,29-30H,19H2,1-2H3,(H,41,43)/t29?,30-/m1/s1.